The zero-order valence-electron chi connectivity index (χ0n) is 24.5. The molecule has 0 spiro atoms. The molecule has 0 aliphatic rings. The van der Waals surface area contributed by atoms with Crippen LogP contribution < -0.4 is 4.90 Å². The number of benzene rings is 9. The van der Waals surface area contributed by atoms with Gasteiger partial charge in [0.25, 0.3) is 0 Å². The van der Waals surface area contributed by atoms with Gasteiger partial charge in [0.1, 0.15) is 0 Å². The van der Waals surface area contributed by atoms with Crippen molar-refractivity contribution in [3.05, 3.63) is 158 Å². The van der Waals surface area contributed by atoms with E-state index in [1.165, 1.54) is 81.4 Å². The van der Waals surface area contributed by atoms with Crippen molar-refractivity contribution >= 4 is 76.0 Å². The molecule has 9 rings (SSSR count). The van der Waals surface area contributed by atoms with E-state index < -0.39 is 0 Å². The number of hydrogen-bond donors (Lipinski definition) is 0. The lowest BCUT2D eigenvalue weighted by Crippen LogP contribution is -2.09. The maximum atomic E-state index is 2.37. The van der Waals surface area contributed by atoms with Crippen molar-refractivity contribution in [1.82, 2.24) is 0 Å². The summed E-state index contributed by atoms with van der Waals surface area (Å²) in [4.78, 5) is 2.30. The molecular weight excluding hydrogens is 530 g/mol. The van der Waals surface area contributed by atoms with Crippen LogP contribution in [-0.2, 0) is 0 Å². The maximum Gasteiger partial charge on any atom is 0.0414 e. The van der Waals surface area contributed by atoms with Gasteiger partial charge in [-0.05, 0) is 106 Å². The van der Waals surface area contributed by atoms with Crippen LogP contribution >= 0.6 is 0 Å². The molecule has 206 valence electrons. The molecule has 0 aliphatic heterocycles. The average molecular weight is 560 g/mol. The summed E-state index contributed by atoms with van der Waals surface area (Å²) in [6.45, 7) is 0. The highest BCUT2D eigenvalue weighted by Gasteiger charge is 2.13. The Bertz CT molecular complexity index is 2500. The molecule has 0 aromatic heterocycles. The smallest absolute Gasteiger partial charge is 0.0414 e. The zero-order valence-corrected chi connectivity index (χ0v) is 24.5. The van der Waals surface area contributed by atoms with Crippen molar-refractivity contribution in [1.29, 1.82) is 0 Å². The van der Waals surface area contributed by atoms with Crippen molar-refractivity contribution in [2.24, 2.45) is 0 Å². The molecule has 0 aliphatic carbocycles. The standard InChI is InChI=1S/C43H29N/c1-44(31-22-24-41-37-18-5-3-14-33(37)35-16-7-9-20-39(35)43(41)27-31)30-12-10-11-28(25-30)29-21-23-40-36-17-4-2-13-32(36)34-15-6-8-19-38(34)42(40)26-29/h2-27H,1H3. The zero-order chi connectivity index (χ0) is 29.2. The van der Waals surface area contributed by atoms with Crippen LogP contribution in [0.2, 0.25) is 0 Å². The van der Waals surface area contributed by atoms with Crippen LogP contribution in [0.25, 0.3) is 75.8 Å². The van der Waals surface area contributed by atoms with E-state index in [2.05, 4.69) is 170 Å². The van der Waals surface area contributed by atoms with Gasteiger partial charge in [0.05, 0.1) is 0 Å². The quantitative estimate of drug-likeness (QED) is 0.195. The Balaban J connectivity index is 1.17. The van der Waals surface area contributed by atoms with Crippen LogP contribution in [0.3, 0.4) is 0 Å². The Hall–Kier alpha value is -5.66. The van der Waals surface area contributed by atoms with Crippen LogP contribution in [0.5, 0.6) is 0 Å². The highest BCUT2D eigenvalue weighted by molar-refractivity contribution is 6.27. The molecule has 1 nitrogen and oxygen atoms in total. The van der Waals surface area contributed by atoms with Crippen LogP contribution in [0, 0.1) is 0 Å². The largest absolute Gasteiger partial charge is 0.345 e. The summed E-state index contributed by atoms with van der Waals surface area (Å²) < 4.78 is 0. The Morgan fingerprint density at radius 1 is 0.273 bits per heavy atom. The van der Waals surface area contributed by atoms with E-state index in [1.807, 2.05) is 0 Å². The molecule has 0 fully saturated rings. The normalized spacial score (nSPS) is 11.8. The summed E-state index contributed by atoms with van der Waals surface area (Å²) in [5, 5.41) is 15.6. The van der Waals surface area contributed by atoms with Gasteiger partial charge in [-0.25, -0.2) is 0 Å². The Labute approximate surface area is 256 Å². The van der Waals surface area contributed by atoms with E-state index >= 15 is 0 Å². The summed E-state index contributed by atoms with van der Waals surface area (Å²) in [5.74, 6) is 0. The highest BCUT2D eigenvalue weighted by atomic mass is 15.1. The summed E-state index contributed by atoms with van der Waals surface area (Å²) in [6.07, 6.45) is 0. The van der Waals surface area contributed by atoms with Gasteiger partial charge >= 0.3 is 0 Å². The van der Waals surface area contributed by atoms with Crippen molar-refractivity contribution in [3.63, 3.8) is 0 Å². The molecule has 1 heteroatoms. The maximum absolute atomic E-state index is 2.37. The van der Waals surface area contributed by atoms with Crippen LogP contribution in [0.1, 0.15) is 0 Å². The SMILES string of the molecule is CN(c1cccc(-c2ccc3c4ccccc4c4ccccc4c3c2)c1)c1ccc2c3ccccc3c3ccccc3c2c1. The number of rotatable bonds is 3. The molecule has 0 N–H and O–H groups in total. The number of hydrogen-bond acceptors (Lipinski definition) is 1. The van der Waals surface area contributed by atoms with E-state index in [0.29, 0.717) is 0 Å². The summed E-state index contributed by atoms with van der Waals surface area (Å²) in [6, 6.07) is 57.8. The molecule has 0 atom stereocenters. The number of fused-ring (bicyclic) bond motifs is 12. The number of anilines is 2. The van der Waals surface area contributed by atoms with Crippen LogP contribution in [-0.4, -0.2) is 7.05 Å². The second kappa shape index (κ2) is 9.69. The van der Waals surface area contributed by atoms with Gasteiger partial charge in [-0.15, -0.1) is 0 Å². The van der Waals surface area contributed by atoms with Gasteiger partial charge in [-0.1, -0.05) is 127 Å². The molecule has 0 saturated heterocycles. The first-order chi connectivity index (χ1) is 21.7. The second-order valence-corrected chi connectivity index (χ2v) is 11.8. The lowest BCUT2D eigenvalue weighted by molar-refractivity contribution is 1.21. The molecule has 0 unspecified atom stereocenters. The van der Waals surface area contributed by atoms with Gasteiger partial charge < -0.3 is 4.90 Å². The predicted molar refractivity (Wildman–Crippen MR) is 191 cm³/mol. The van der Waals surface area contributed by atoms with E-state index in [4.69, 9.17) is 0 Å². The first-order valence-electron chi connectivity index (χ1n) is 15.3. The average Bonchev–Trinajstić information content (AvgIpc) is 3.11. The molecule has 0 radical (unpaired) electrons. The molecule has 9 aromatic rings. The third kappa shape index (κ3) is 3.73. The molecule has 0 saturated carbocycles. The second-order valence-electron chi connectivity index (χ2n) is 11.8. The van der Waals surface area contributed by atoms with Crippen molar-refractivity contribution in [2.75, 3.05) is 11.9 Å². The first-order valence-corrected chi connectivity index (χ1v) is 15.3. The number of nitrogens with zero attached hydrogens (tertiary/aromatic N) is 1. The highest BCUT2D eigenvalue weighted by Crippen LogP contribution is 2.40. The molecule has 44 heavy (non-hydrogen) atoms. The fourth-order valence-electron chi connectivity index (χ4n) is 7.23. The fourth-order valence-corrected chi connectivity index (χ4v) is 7.23. The van der Waals surface area contributed by atoms with E-state index in [9.17, 15) is 0 Å². The third-order valence-corrected chi connectivity index (χ3v) is 9.43. The molecule has 0 bridgehead atoms. The van der Waals surface area contributed by atoms with Gasteiger partial charge in [0.15, 0.2) is 0 Å². The summed E-state index contributed by atoms with van der Waals surface area (Å²) >= 11 is 0. The summed E-state index contributed by atoms with van der Waals surface area (Å²) in [5.41, 5.74) is 4.77. The van der Waals surface area contributed by atoms with E-state index in [1.54, 1.807) is 0 Å². The predicted octanol–water partition coefficient (Wildman–Crippen LogP) is 12.0. The lowest BCUT2D eigenvalue weighted by Gasteiger charge is -2.22. The minimum atomic E-state index is 1.16. The monoisotopic (exact) mass is 559 g/mol. The third-order valence-electron chi connectivity index (χ3n) is 9.43. The minimum Gasteiger partial charge on any atom is -0.345 e. The van der Waals surface area contributed by atoms with Gasteiger partial charge in [-0.3, -0.25) is 0 Å². The summed E-state index contributed by atoms with van der Waals surface area (Å²) in [7, 11) is 2.17. The molecule has 0 amide bonds. The van der Waals surface area contributed by atoms with E-state index in [0.717, 1.165) is 5.69 Å². The van der Waals surface area contributed by atoms with Crippen LogP contribution in [0.15, 0.2) is 158 Å². The van der Waals surface area contributed by atoms with Gasteiger partial charge in [0, 0.05) is 18.4 Å². The van der Waals surface area contributed by atoms with Crippen LogP contribution in [0.4, 0.5) is 11.4 Å². The van der Waals surface area contributed by atoms with Gasteiger partial charge in [-0.2, -0.15) is 0 Å². The Morgan fingerprint density at radius 2 is 0.636 bits per heavy atom. The van der Waals surface area contributed by atoms with Crippen molar-refractivity contribution in [3.8, 4) is 11.1 Å². The minimum absolute atomic E-state index is 1.16. The van der Waals surface area contributed by atoms with Gasteiger partial charge in [0.2, 0.25) is 0 Å². The first kappa shape index (κ1) is 24.9. The molecule has 0 heterocycles. The molecular formula is C43H29N. The van der Waals surface area contributed by atoms with E-state index in [-0.39, 0.29) is 0 Å². The molecule has 9 aromatic carbocycles. The van der Waals surface area contributed by atoms with Crippen molar-refractivity contribution in [2.45, 2.75) is 0 Å². The topological polar surface area (TPSA) is 3.24 Å². The van der Waals surface area contributed by atoms with Crippen molar-refractivity contribution < 1.29 is 0 Å². The Kier molecular flexibility index (Phi) is 5.48. The lowest BCUT2D eigenvalue weighted by atomic mass is 9.92. The fraction of sp³-hybridized carbons (Fsp3) is 0.0233. The Morgan fingerprint density at radius 3 is 1.14 bits per heavy atom.